The van der Waals surface area contributed by atoms with Gasteiger partial charge in [-0.3, -0.25) is 0 Å². The number of nitrogens with one attached hydrogen (secondary N) is 1. The molecule has 0 fully saturated rings. The average Bonchev–Trinajstić information content (AvgIpc) is 2.50. The van der Waals surface area contributed by atoms with Gasteiger partial charge in [0.2, 0.25) is 0 Å². The molecule has 0 heterocycles. The predicted molar refractivity (Wildman–Crippen MR) is 81.1 cm³/mol. The molecule has 2 aromatic carbocycles. The summed E-state index contributed by atoms with van der Waals surface area (Å²) in [6.45, 7) is 3.61. The number of halogens is 1. The number of benzene rings is 2. The Balaban J connectivity index is 2.39. The fourth-order valence-corrected chi connectivity index (χ4v) is 2.09. The highest BCUT2D eigenvalue weighted by Crippen LogP contribution is 2.32. The summed E-state index contributed by atoms with van der Waals surface area (Å²) in [6, 6.07) is 10.4. The van der Waals surface area contributed by atoms with E-state index in [-0.39, 0.29) is 18.5 Å². The molecule has 4 heteroatoms. The van der Waals surface area contributed by atoms with Crippen LogP contribution in [0.25, 0.3) is 0 Å². The second kappa shape index (κ2) is 6.70. The van der Waals surface area contributed by atoms with Crippen molar-refractivity contribution in [3.05, 3.63) is 58.9 Å². The van der Waals surface area contributed by atoms with Crippen molar-refractivity contribution >= 4 is 0 Å². The molecule has 0 spiro atoms. The Hall–Kier alpha value is -1.91. The van der Waals surface area contributed by atoms with Crippen molar-refractivity contribution < 1.29 is 14.2 Å². The van der Waals surface area contributed by atoms with Gasteiger partial charge in [-0.2, -0.15) is 0 Å². The number of hydrogen-bond donors (Lipinski definition) is 2. The maximum absolute atomic E-state index is 13.8. The second-order valence-corrected chi connectivity index (χ2v) is 5.06. The second-order valence-electron chi connectivity index (χ2n) is 5.06. The molecule has 0 bridgehead atoms. The summed E-state index contributed by atoms with van der Waals surface area (Å²) in [4.78, 5) is 0. The molecule has 0 aromatic heterocycles. The summed E-state index contributed by atoms with van der Waals surface area (Å²) >= 11 is 0. The van der Waals surface area contributed by atoms with Gasteiger partial charge in [-0.1, -0.05) is 12.1 Å². The van der Waals surface area contributed by atoms with Gasteiger partial charge in [0.05, 0.1) is 6.61 Å². The van der Waals surface area contributed by atoms with Crippen molar-refractivity contribution in [2.24, 2.45) is 0 Å². The smallest absolute Gasteiger partial charge is 0.132 e. The van der Waals surface area contributed by atoms with Gasteiger partial charge in [-0.25, -0.2) is 4.39 Å². The fraction of sp³-hybridized carbons (Fsp3) is 0.294. The van der Waals surface area contributed by atoms with Gasteiger partial charge in [0.15, 0.2) is 0 Å². The van der Waals surface area contributed by atoms with Gasteiger partial charge in [0.25, 0.3) is 0 Å². The Kier molecular flexibility index (Phi) is 4.94. The molecule has 1 unspecified atom stereocenters. The van der Waals surface area contributed by atoms with Crippen LogP contribution in [0.1, 0.15) is 29.7 Å². The van der Waals surface area contributed by atoms with E-state index in [1.165, 1.54) is 6.07 Å². The first kappa shape index (κ1) is 15.5. The number of aliphatic hydroxyl groups is 1. The van der Waals surface area contributed by atoms with Gasteiger partial charge in [0.1, 0.15) is 17.3 Å². The molecule has 112 valence electrons. The summed E-state index contributed by atoms with van der Waals surface area (Å²) in [7, 11) is 1.82. The SMILES string of the molecule is CNC(C)c1cc(F)c(C)cc1Oc1cccc(CO)c1. The molecule has 0 saturated carbocycles. The Bertz CT molecular complexity index is 628. The van der Waals surface area contributed by atoms with Crippen LogP contribution >= 0.6 is 0 Å². The van der Waals surface area contributed by atoms with E-state index in [9.17, 15) is 9.50 Å². The maximum Gasteiger partial charge on any atom is 0.132 e. The molecule has 0 saturated heterocycles. The minimum Gasteiger partial charge on any atom is -0.457 e. The van der Waals surface area contributed by atoms with Gasteiger partial charge >= 0.3 is 0 Å². The largest absolute Gasteiger partial charge is 0.457 e. The zero-order chi connectivity index (χ0) is 15.4. The Morgan fingerprint density at radius 1 is 1.29 bits per heavy atom. The van der Waals surface area contributed by atoms with Crippen molar-refractivity contribution in [1.82, 2.24) is 5.32 Å². The van der Waals surface area contributed by atoms with E-state index in [2.05, 4.69) is 5.32 Å². The Morgan fingerprint density at radius 3 is 2.71 bits per heavy atom. The summed E-state index contributed by atoms with van der Waals surface area (Å²) in [5, 5.41) is 12.3. The molecule has 21 heavy (non-hydrogen) atoms. The van der Waals surface area contributed by atoms with E-state index in [1.54, 1.807) is 19.1 Å². The summed E-state index contributed by atoms with van der Waals surface area (Å²) in [5.74, 6) is 0.992. The fourth-order valence-electron chi connectivity index (χ4n) is 2.09. The van der Waals surface area contributed by atoms with E-state index in [0.717, 1.165) is 11.1 Å². The van der Waals surface area contributed by atoms with Crippen molar-refractivity contribution in [2.75, 3.05) is 7.05 Å². The number of hydrogen-bond acceptors (Lipinski definition) is 3. The van der Waals surface area contributed by atoms with Crippen molar-refractivity contribution in [3.8, 4) is 11.5 Å². The summed E-state index contributed by atoms with van der Waals surface area (Å²) in [6.07, 6.45) is 0. The number of ether oxygens (including phenoxy) is 1. The zero-order valence-corrected chi connectivity index (χ0v) is 12.5. The van der Waals surface area contributed by atoms with Crippen LogP contribution in [0.15, 0.2) is 36.4 Å². The lowest BCUT2D eigenvalue weighted by molar-refractivity contribution is 0.281. The highest BCUT2D eigenvalue weighted by Gasteiger charge is 2.14. The van der Waals surface area contributed by atoms with Crippen molar-refractivity contribution in [3.63, 3.8) is 0 Å². The molecule has 0 aliphatic rings. The lowest BCUT2D eigenvalue weighted by Crippen LogP contribution is -2.13. The monoisotopic (exact) mass is 289 g/mol. The molecule has 2 N–H and O–H groups in total. The minimum absolute atomic E-state index is 0.0314. The molecule has 2 aromatic rings. The molecular formula is C17H20FNO2. The first-order chi connectivity index (χ1) is 10.0. The molecule has 0 aliphatic heterocycles. The van der Waals surface area contributed by atoms with Crippen LogP contribution in [0.2, 0.25) is 0 Å². The first-order valence-electron chi connectivity index (χ1n) is 6.90. The zero-order valence-electron chi connectivity index (χ0n) is 12.5. The van der Waals surface area contributed by atoms with Crippen LogP contribution in [0.3, 0.4) is 0 Å². The highest BCUT2D eigenvalue weighted by molar-refractivity contribution is 5.43. The third kappa shape index (κ3) is 3.60. The quantitative estimate of drug-likeness (QED) is 0.882. The van der Waals surface area contributed by atoms with Crippen LogP contribution in [-0.2, 0) is 6.61 Å². The normalized spacial score (nSPS) is 12.2. The topological polar surface area (TPSA) is 41.5 Å². The van der Waals surface area contributed by atoms with Crippen molar-refractivity contribution in [2.45, 2.75) is 26.5 Å². The minimum atomic E-state index is -0.247. The molecule has 0 amide bonds. The van der Waals surface area contributed by atoms with Gasteiger partial charge in [-0.05, 0) is 56.3 Å². The van der Waals surface area contributed by atoms with Crippen LogP contribution in [0, 0.1) is 12.7 Å². The molecular weight excluding hydrogens is 269 g/mol. The molecule has 3 nitrogen and oxygen atoms in total. The number of aryl methyl sites for hydroxylation is 1. The third-order valence-corrected chi connectivity index (χ3v) is 3.50. The summed E-state index contributed by atoms with van der Waals surface area (Å²) in [5.41, 5.74) is 2.07. The van der Waals surface area contributed by atoms with Crippen molar-refractivity contribution in [1.29, 1.82) is 0 Å². The van der Waals surface area contributed by atoms with Crippen LogP contribution in [0.4, 0.5) is 4.39 Å². The first-order valence-corrected chi connectivity index (χ1v) is 6.90. The molecule has 1 atom stereocenters. The lowest BCUT2D eigenvalue weighted by atomic mass is 10.0. The number of aliphatic hydroxyl groups excluding tert-OH is 1. The van der Waals surface area contributed by atoms with E-state index in [1.807, 2.05) is 32.2 Å². The standard InChI is InChI=1S/C17H20FNO2/c1-11-7-17(15(9-16(11)18)12(2)19-3)21-14-6-4-5-13(8-14)10-20/h4-9,12,19-20H,10H2,1-3H3. The Morgan fingerprint density at radius 2 is 2.05 bits per heavy atom. The lowest BCUT2D eigenvalue weighted by Gasteiger charge is -2.18. The Labute approximate surface area is 124 Å². The van der Waals surface area contributed by atoms with E-state index in [0.29, 0.717) is 17.1 Å². The third-order valence-electron chi connectivity index (χ3n) is 3.50. The summed E-state index contributed by atoms with van der Waals surface area (Å²) < 4.78 is 19.7. The molecule has 2 rings (SSSR count). The highest BCUT2D eigenvalue weighted by atomic mass is 19.1. The maximum atomic E-state index is 13.8. The van der Waals surface area contributed by atoms with Crippen LogP contribution in [0.5, 0.6) is 11.5 Å². The van der Waals surface area contributed by atoms with E-state index in [4.69, 9.17) is 4.74 Å². The number of rotatable bonds is 5. The van der Waals surface area contributed by atoms with Gasteiger partial charge < -0.3 is 15.2 Å². The van der Waals surface area contributed by atoms with Crippen LogP contribution < -0.4 is 10.1 Å². The van der Waals surface area contributed by atoms with E-state index < -0.39 is 0 Å². The molecule has 0 aliphatic carbocycles. The molecule has 0 radical (unpaired) electrons. The predicted octanol–water partition coefficient (Wildman–Crippen LogP) is 3.70. The van der Waals surface area contributed by atoms with E-state index >= 15 is 0 Å². The van der Waals surface area contributed by atoms with Gasteiger partial charge in [-0.15, -0.1) is 0 Å². The van der Waals surface area contributed by atoms with Crippen LogP contribution in [-0.4, -0.2) is 12.2 Å². The average molecular weight is 289 g/mol. The van der Waals surface area contributed by atoms with Gasteiger partial charge in [0, 0.05) is 11.6 Å².